The highest BCUT2D eigenvalue weighted by Gasteiger charge is 2.13. The number of hydrogen-bond acceptors (Lipinski definition) is 3. The first-order chi connectivity index (χ1) is 4.79. The summed E-state index contributed by atoms with van der Waals surface area (Å²) >= 11 is 0. The van der Waals surface area contributed by atoms with Crippen molar-refractivity contribution in [3.63, 3.8) is 0 Å². The second kappa shape index (κ2) is 4.05. The van der Waals surface area contributed by atoms with Gasteiger partial charge in [0.2, 0.25) is 0 Å². The van der Waals surface area contributed by atoms with Gasteiger partial charge in [-0.05, 0) is 0 Å². The molecule has 0 spiro atoms. The van der Waals surface area contributed by atoms with E-state index in [9.17, 15) is 4.21 Å². The molecule has 0 aromatic heterocycles. The summed E-state index contributed by atoms with van der Waals surface area (Å²) in [6.45, 7) is 2.38. The van der Waals surface area contributed by atoms with Gasteiger partial charge in [0, 0.05) is 35.4 Å². The quantitative estimate of drug-likeness (QED) is 0.588. The lowest BCUT2D eigenvalue weighted by atomic mass is 10.3. The Kier molecular flexibility index (Phi) is 3.31. The standard InChI is InChI=1S/C6H13NO2S/c1-10(8)5-6-4-9-3-2-7-6/h6-7H,2-5H2,1H3. The predicted molar refractivity (Wildman–Crippen MR) is 41.5 cm³/mol. The van der Waals surface area contributed by atoms with Crippen molar-refractivity contribution in [3.05, 3.63) is 0 Å². The van der Waals surface area contributed by atoms with E-state index in [1.54, 1.807) is 6.26 Å². The van der Waals surface area contributed by atoms with Gasteiger partial charge >= 0.3 is 0 Å². The fraction of sp³-hybridized carbons (Fsp3) is 1.00. The Balaban J connectivity index is 2.19. The first kappa shape index (κ1) is 8.17. The fourth-order valence-electron chi connectivity index (χ4n) is 1.01. The summed E-state index contributed by atoms with van der Waals surface area (Å²) in [4.78, 5) is 0. The predicted octanol–water partition coefficient (Wildman–Crippen LogP) is -0.647. The zero-order chi connectivity index (χ0) is 7.40. The highest BCUT2D eigenvalue weighted by molar-refractivity contribution is 7.84. The molecule has 1 aliphatic rings. The molecule has 0 aromatic carbocycles. The summed E-state index contributed by atoms with van der Waals surface area (Å²) in [5.41, 5.74) is 0. The van der Waals surface area contributed by atoms with E-state index in [2.05, 4.69) is 5.32 Å². The van der Waals surface area contributed by atoms with Crippen molar-refractivity contribution in [2.75, 3.05) is 31.8 Å². The first-order valence-electron chi connectivity index (χ1n) is 3.40. The van der Waals surface area contributed by atoms with Crippen molar-refractivity contribution in [2.24, 2.45) is 0 Å². The van der Waals surface area contributed by atoms with E-state index < -0.39 is 10.8 Å². The van der Waals surface area contributed by atoms with Crippen molar-refractivity contribution >= 4 is 10.8 Å². The van der Waals surface area contributed by atoms with Crippen molar-refractivity contribution in [1.29, 1.82) is 0 Å². The second-order valence-corrected chi connectivity index (χ2v) is 3.95. The molecule has 1 N–H and O–H groups in total. The number of morpholine rings is 1. The van der Waals surface area contributed by atoms with Gasteiger partial charge in [0.15, 0.2) is 0 Å². The van der Waals surface area contributed by atoms with Crippen LogP contribution < -0.4 is 5.32 Å². The van der Waals surface area contributed by atoms with Gasteiger partial charge in [-0.15, -0.1) is 0 Å². The van der Waals surface area contributed by atoms with Crippen LogP contribution in [0.5, 0.6) is 0 Å². The molecule has 4 heteroatoms. The summed E-state index contributed by atoms with van der Waals surface area (Å²) in [6, 6.07) is 0.305. The van der Waals surface area contributed by atoms with Crippen LogP contribution in [0.3, 0.4) is 0 Å². The average molecular weight is 163 g/mol. The average Bonchev–Trinajstić information content (AvgIpc) is 1.88. The molecular weight excluding hydrogens is 150 g/mol. The van der Waals surface area contributed by atoms with Crippen LogP contribution in [0.1, 0.15) is 0 Å². The topological polar surface area (TPSA) is 38.3 Å². The van der Waals surface area contributed by atoms with Crippen LogP contribution in [0.25, 0.3) is 0 Å². The Morgan fingerprint density at radius 2 is 2.60 bits per heavy atom. The van der Waals surface area contributed by atoms with Crippen molar-refractivity contribution in [1.82, 2.24) is 5.32 Å². The molecule has 10 heavy (non-hydrogen) atoms. The fourth-order valence-corrected chi connectivity index (χ4v) is 1.79. The van der Waals surface area contributed by atoms with Crippen LogP contribution in [0.15, 0.2) is 0 Å². The number of hydrogen-bond donors (Lipinski definition) is 1. The molecule has 0 radical (unpaired) electrons. The Morgan fingerprint density at radius 1 is 1.80 bits per heavy atom. The third kappa shape index (κ3) is 2.77. The molecule has 1 aliphatic heterocycles. The maximum absolute atomic E-state index is 10.7. The van der Waals surface area contributed by atoms with Crippen LogP contribution in [0.2, 0.25) is 0 Å². The summed E-state index contributed by atoms with van der Waals surface area (Å²) in [7, 11) is -0.706. The van der Waals surface area contributed by atoms with E-state index in [1.165, 1.54) is 0 Å². The molecule has 1 fully saturated rings. The lowest BCUT2D eigenvalue weighted by Crippen LogP contribution is -2.44. The Hall–Kier alpha value is 0.0700. The van der Waals surface area contributed by atoms with Gasteiger partial charge < -0.3 is 10.1 Å². The molecule has 0 amide bonds. The van der Waals surface area contributed by atoms with E-state index in [0.717, 1.165) is 13.2 Å². The molecule has 0 aromatic rings. The van der Waals surface area contributed by atoms with Gasteiger partial charge in [-0.3, -0.25) is 4.21 Å². The summed E-state index contributed by atoms with van der Waals surface area (Å²) < 4.78 is 15.9. The summed E-state index contributed by atoms with van der Waals surface area (Å²) in [6.07, 6.45) is 1.72. The van der Waals surface area contributed by atoms with Crippen molar-refractivity contribution < 1.29 is 8.95 Å². The molecule has 3 nitrogen and oxygen atoms in total. The van der Waals surface area contributed by atoms with Crippen LogP contribution in [0.4, 0.5) is 0 Å². The molecule has 1 saturated heterocycles. The van der Waals surface area contributed by atoms with E-state index in [4.69, 9.17) is 4.74 Å². The molecule has 1 heterocycles. The smallest absolute Gasteiger partial charge is 0.0629 e. The van der Waals surface area contributed by atoms with Gasteiger partial charge in [-0.25, -0.2) is 0 Å². The van der Waals surface area contributed by atoms with Crippen molar-refractivity contribution in [2.45, 2.75) is 6.04 Å². The van der Waals surface area contributed by atoms with Crippen LogP contribution in [0, 0.1) is 0 Å². The third-order valence-corrected chi connectivity index (χ3v) is 2.31. The lowest BCUT2D eigenvalue weighted by Gasteiger charge is -2.22. The normalized spacial score (nSPS) is 29.9. The summed E-state index contributed by atoms with van der Waals surface area (Å²) in [5.74, 6) is 0.708. The monoisotopic (exact) mass is 163 g/mol. The van der Waals surface area contributed by atoms with E-state index >= 15 is 0 Å². The van der Waals surface area contributed by atoms with Crippen LogP contribution in [-0.4, -0.2) is 42.0 Å². The molecule has 1 rings (SSSR count). The van der Waals surface area contributed by atoms with Crippen LogP contribution in [-0.2, 0) is 15.5 Å². The third-order valence-electron chi connectivity index (χ3n) is 1.43. The number of nitrogens with one attached hydrogen (secondary N) is 1. The Labute approximate surface area is 63.6 Å². The van der Waals surface area contributed by atoms with Gasteiger partial charge in [-0.2, -0.15) is 0 Å². The molecule has 0 bridgehead atoms. The molecular formula is C6H13NO2S. The number of rotatable bonds is 2. The van der Waals surface area contributed by atoms with Crippen molar-refractivity contribution in [3.8, 4) is 0 Å². The highest BCUT2D eigenvalue weighted by Crippen LogP contribution is 1.93. The maximum atomic E-state index is 10.7. The Bertz CT molecular complexity index is 123. The molecule has 60 valence electrons. The zero-order valence-electron chi connectivity index (χ0n) is 6.13. The van der Waals surface area contributed by atoms with Gasteiger partial charge in [0.1, 0.15) is 0 Å². The minimum absolute atomic E-state index is 0.305. The Morgan fingerprint density at radius 3 is 3.10 bits per heavy atom. The maximum Gasteiger partial charge on any atom is 0.0629 e. The SMILES string of the molecule is CS(=O)CC1COCCN1. The second-order valence-electron chi connectivity index (χ2n) is 2.47. The van der Waals surface area contributed by atoms with E-state index in [1.807, 2.05) is 0 Å². The molecule has 0 saturated carbocycles. The lowest BCUT2D eigenvalue weighted by molar-refractivity contribution is 0.0835. The van der Waals surface area contributed by atoms with Gasteiger partial charge in [0.05, 0.1) is 13.2 Å². The van der Waals surface area contributed by atoms with Gasteiger partial charge in [-0.1, -0.05) is 0 Å². The number of ether oxygens (including phenoxy) is 1. The molecule has 2 atom stereocenters. The van der Waals surface area contributed by atoms with Crippen LogP contribution >= 0.6 is 0 Å². The minimum atomic E-state index is -0.706. The summed E-state index contributed by atoms with van der Waals surface area (Å²) in [5, 5.41) is 3.23. The van der Waals surface area contributed by atoms with E-state index in [-0.39, 0.29) is 0 Å². The molecule has 0 aliphatic carbocycles. The minimum Gasteiger partial charge on any atom is -0.378 e. The zero-order valence-corrected chi connectivity index (χ0v) is 6.95. The highest BCUT2D eigenvalue weighted by atomic mass is 32.2. The first-order valence-corrected chi connectivity index (χ1v) is 5.13. The van der Waals surface area contributed by atoms with Gasteiger partial charge in [0.25, 0.3) is 0 Å². The molecule has 2 unspecified atom stereocenters. The van der Waals surface area contributed by atoms with E-state index in [0.29, 0.717) is 18.4 Å². The largest absolute Gasteiger partial charge is 0.378 e.